The van der Waals surface area contributed by atoms with Crippen molar-refractivity contribution >= 4 is 7.82 Å². The Labute approximate surface area is 147 Å². The molecule has 24 heavy (non-hydrogen) atoms. The van der Waals surface area contributed by atoms with Crippen molar-refractivity contribution in [3.63, 3.8) is 0 Å². The molecule has 0 aliphatic rings. The lowest BCUT2D eigenvalue weighted by atomic mass is 10.1. The molecule has 0 aromatic carbocycles. The van der Waals surface area contributed by atoms with Gasteiger partial charge in [0, 0.05) is 0 Å². The molecule has 0 saturated carbocycles. The van der Waals surface area contributed by atoms with Crippen LogP contribution in [0, 0.1) is 0 Å². The smallest absolute Gasteiger partial charge is 0.267 e. The first-order chi connectivity index (χ1) is 11.4. The van der Waals surface area contributed by atoms with Crippen LogP contribution in [0.15, 0.2) is 18.7 Å². The Morgan fingerprint density at radius 1 is 1.00 bits per heavy atom. The lowest BCUT2D eigenvalue weighted by Crippen LogP contribution is -2.23. The normalized spacial score (nSPS) is 11.2. The van der Waals surface area contributed by atoms with Crippen LogP contribution in [0.2, 0.25) is 0 Å². The maximum atomic E-state index is 10.4. The predicted octanol–water partition coefficient (Wildman–Crippen LogP) is 3.59. The molecule has 7 heteroatoms. The van der Waals surface area contributed by atoms with E-state index in [1.54, 1.807) is 13.8 Å². The van der Waals surface area contributed by atoms with E-state index in [2.05, 4.69) is 50.9 Å². The third kappa shape index (κ3) is 13.7. The van der Waals surface area contributed by atoms with Crippen molar-refractivity contribution in [2.24, 2.45) is 7.05 Å². The quantitative estimate of drug-likeness (QED) is 0.324. The van der Waals surface area contributed by atoms with Gasteiger partial charge in [0.15, 0.2) is 0 Å². The van der Waals surface area contributed by atoms with E-state index in [1.807, 2.05) is 0 Å². The third-order valence-corrected chi connectivity index (χ3v) is 4.57. The highest BCUT2D eigenvalue weighted by atomic mass is 31.2. The first-order valence-corrected chi connectivity index (χ1v) is 10.5. The van der Waals surface area contributed by atoms with Crippen molar-refractivity contribution < 1.29 is 23.1 Å². The Kier molecular flexibility index (Phi) is 14.2. The highest BCUT2D eigenvalue weighted by Gasteiger charge is 2.04. The van der Waals surface area contributed by atoms with Gasteiger partial charge in [-0.15, -0.1) is 0 Å². The van der Waals surface area contributed by atoms with Gasteiger partial charge in [0.05, 0.1) is 26.8 Å². The molecule has 1 aromatic heterocycles. The molecule has 1 heterocycles. The van der Waals surface area contributed by atoms with Gasteiger partial charge in [-0.2, -0.15) is 0 Å². The lowest BCUT2D eigenvalue weighted by molar-refractivity contribution is -0.671. The lowest BCUT2D eigenvalue weighted by Gasteiger charge is -2.20. The zero-order valence-corrected chi connectivity index (χ0v) is 16.7. The van der Waals surface area contributed by atoms with Crippen molar-refractivity contribution in [3.8, 4) is 0 Å². The molecule has 0 N–H and O–H groups in total. The second-order valence-electron chi connectivity index (χ2n) is 5.72. The molecule has 0 radical (unpaired) electrons. The van der Waals surface area contributed by atoms with E-state index in [4.69, 9.17) is 0 Å². The number of rotatable bonds is 12. The number of hydrogen-bond acceptors (Lipinski definition) is 4. The van der Waals surface area contributed by atoms with Crippen LogP contribution < -0.4 is 9.46 Å². The van der Waals surface area contributed by atoms with Crippen LogP contribution >= 0.6 is 7.82 Å². The summed E-state index contributed by atoms with van der Waals surface area (Å²) in [5, 5.41) is 0. The second kappa shape index (κ2) is 14.6. The zero-order chi connectivity index (χ0) is 18.3. The van der Waals surface area contributed by atoms with Gasteiger partial charge in [-0.1, -0.05) is 39.0 Å². The standard InChI is InChI=1S/C13H25N2.C4H11O4P/c1-3-4-5-6-7-8-9-10-15-12-11-14(2)13-15;1-3-7-9(5,6)8-4-2/h11-13H,3-10H2,1-2H3;3-4H2,1-2H3,(H,5,6)/q+1;/p-1. The van der Waals surface area contributed by atoms with Crippen molar-refractivity contribution in [3.05, 3.63) is 18.7 Å². The Morgan fingerprint density at radius 2 is 1.54 bits per heavy atom. The largest absolute Gasteiger partial charge is 0.756 e. The van der Waals surface area contributed by atoms with Crippen LogP contribution in [0.25, 0.3) is 0 Å². The number of imidazole rings is 1. The summed E-state index contributed by atoms with van der Waals surface area (Å²) in [4.78, 5) is 10.4. The van der Waals surface area contributed by atoms with Gasteiger partial charge in [-0.25, -0.2) is 9.13 Å². The third-order valence-electron chi connectivity index (χ3n) is 3.42. The SMILES string of the molecule is CCCCCCCCCn1cc[n+](C)c1.CCOP(=O)([O-])OCC. The summed E-state index contributed by atoms with van der Waals surface area (Å²) in [5.74, 6) is 0. The first kappa shape index (κ1) is 23.3. The molecule has 6 nitrogen and oxygen atoms in total. The van der Waals surface area contributed by atoms with Crippen LogP contribution in [-0.4, -0.2) is 17.8 Å². The molecule has 0 aliphatic heterocycles. The number of unbranched alkanes of at least 4 members (excludes halogenated alkanes) is 6. The Balaban J connectivity index is 0.000000506. The molecule has 1 aromatic rings. The zero-order valence-electron chi connectivity index (χ0n) is 15.8. The number of aromatic nitrogens is 2. The van der Waals surface area contributed by atoms with Gasteiger partial charge in [-0.3, -0.25) is 4.57 Å². The number of nitrogens with zero attached hydrogens (tertiary/aromatic N) is 2. The van der Waals surface area contributed by atoms with Crippen LogP contribution in [0.3, 0.4) is 0 Å². The minimum Gasteiger partial charge on any atom is -0.756 e. The molecule has 0 amide bonds. The molecule has 0 bridgehead atoms. The highest BCUT2D eigenvalue weighted by molar-refractivity contribution is 7.45. The van der Waals surface area contributed by atoms with Crippen LogP contribution in [0.5, 0.6) is 0 Å². The Hall–Kier alpha value is -0.680. The molecule has 142 valence electrons. The molecular weight excluding hydrogens is 327 g/mol. The number of phosphoric ester groups is 1. The van der Waals surface area contributed by atoms with Gasteiger partial charge in [0.2, 0.25) is 6.33 Å². The van der Waals surface area contributed by atoms with E-state index in [0.29, 0.717) is 0 Å². The molecule has 0 spiro atoms. The summed E-state index contributed by atoms with van der Waals surface area (Å²) in [6, 6.07) is 0. The Morgan fingerprint density at radius 3 is 2.00 bits per heavy atom. The minimum absolute atomic E-state index is 0.126. The highest BCUT2D eigenvalue weighted by Crippen LogP contribution is 2.37. The molecular formula is C17H35N2O4P. The fraction of sp³-hybridized carbons (Fsp3) is 0.824. The van der Waals surface area contributed by atoms with Crippen LogP contribution in [0.4, 0.5) is 0 Å². The molecule has 0 fully saturated rings. The monoisotopic (exact) mass is 362 g/mol. The van der Waals surface area contributed by atoms with Gasteiger partial charge >= 0.3 is 0 Å². The number of aryl methyl sites for hydroxylation is 2. The molecule has 0 atom stereocenters. The predicted molar refractivity (Wildman–Crippen MR) is 94.5 cm³/mol. The van der Waals surface area contributed by atoms with E-state index in [9.17, 15) is 9.46 Å². The number of hydrogen-bond donors (Lipinski definition) is 0. The molecule has 0 unspecified atom stereocenters. The summed E-state index contributed by atoms with van der Waals surface area (Å²) in [6.45, 7) is 6.87. The van der Waals surface area contributed by atoms with Crippen molar-refractivity contribution in [2.45, 2.75) is 72.3 Å². The van der Waals surface area contributed by atoms with E-state index in [0.717, 1.165) is 0 Å². The maximum absolute atomic E-state index is 10.4. The average molecular weight is 362 g/mol. The summed E-state index contributed by atoms with van der Waals surface area (Å²) < 4.78 is 23.3. The van der Waals surface area contributed by atoms with Crippen molar-refractivity contribution in [1.82, 2.24) is 4.57 Å². The topological polar surface area (TPSA) is 67.4 Å². The summed E-state index contributed by atoms with van der Waals surface area (Å²) in [5.41, 5.74) is 0. The van der Waals surface area contributed by atoms with E-state index in [-0.39, 0.29) is 13.2 Å². The van der Waals surface area contributed by atoms with Gasteiger partial charge in [-0.05, 0) is 26.7 Å². The molecule has 1 rings (SSSR count). The summed E-state index contributed by atoms with van der Waals surface area (Å²) in [7, 11) is -1.87. The molecule has 0 aliphatic carbocycles. The average Bonchev–Trinajstić information content (AvgIpc) is 2.92. The van der Waals surface area contributed by atoms with E-state index in [1.165, 1.54) is 51.5 Å². The van der Waals surface area contributed by atoms with Crippen LogP contribution in [0.1, 0.15) is 65.7 Å². The molecule has 0 saturated heterocycles. The van der Waals surface area contributed by atoms with Crippen LogP contribution in [-0.2, 0) is 27.2 Å². The van der Waals surface area contributed by atoms with E-state index < -0.39 is 7.82 Å². The minimum atomic E-state index is -3.94. The van der Waals surface area contributed by atoms with Gasteiger partial charge in [0.1, 0.15) is 12.4 Å². The summed E-state index contributed by atoms with van der Waals surface area (Å²) in [6.07, 6.45) is 16.1. The fourth-order valence-corrected chi connectivity index (χ4v) is 2.95. The Bertz CT molecular complexity index is 442. The van der Waals surface area contributed by atoms with Gasteiger partial charge < -0.3 is 13.9 Å². The van der Waals surface area contributed by atoms with Crippen molar-refractivity contribution in [2.75, 3.05) is 13.2 Å². The maximum Gasteiger partial charge on any atom is 0.267 e. The fourth-order valence-electron chi connectivity index (χ4n) is 2.24. The van der Waals surface area contributed by atoms with Gasteiger partial charge in [0.25, 0.3) is 7.82 Å². The van der Waals surface area contributed by atoms with Crippen molar-refractivity contribution in [1.29, 1.82) is 0 Å². The van der Waals surface area contributed by atoms with E-state index >= 15 is 0 Å². The summed E-state index contributed by atoms with van der Waals surface area (Å²) >= 11 is 0. The second-order valence-corrected chi connectivity index (χ2v) is 7.13. The number of phosphoric acid groups is 1. The first-order valence-electron chi connectivity index (χ1n) is 9.06.